The van der Waals surface area contributed by atoms with Gasteiger partial charge in [-0.1, -0.05) is 26.7 Å². The third-order valence-electron chi connectivity index (χ3n) is 5.12. The number of benzene rings is 1. The van der Waals surface area contributed by atoms with Crippen molar-refractivity contribution in [2.24, 2.45) is 0 Å². The lowest BCUT2D eigenvalue weighted by Gasteiger charge is -2.36. The van der Waals surface area contributed by atoms with Gasteiger partial charge in [0, 0.05) is 17.4 Å². The van der Waals surface area contributed by atoms with Gasteiger partial charge >= 0.3 is 6.18 Å². The van der Waals surface area contributed by atoms with Crippen LogP contribution in [0.5, 0.6) is 5.75 Å². The zero-order valence-electron chi connectivity index (χ0n) is 16.5. The minimum absolute atomic E-state index is 0.000787. The molecule has 0 spiro atoms. The van der Waals surface area contributed by atoms with Crippen LogP contribution in [0.1, 0.15) is 32.0 Å². The molecule has 0 aliphatic carbocycles. The highest BCUT2D eigenvalue weighted by Gasteiger charge is 2.39. The first-order chi connectivity index (χ1) is 12.4. The molecule has 0 aliphatic rings. The predicted molar refractivity (Wildman–Crippen MR) is 107 cm³/mol. The van der Waals surface area contributed by atoms with Crippen LogP contribution in [0.2, 0.25) is 18.1 Å². The van der Waals surface area contributed by atoms with Gasteiger partial charge in [-0.25, -0.2) is 0 Å². The molecule has 1 aromatic carbocycles. The van der Waals surface area contributed by atoms with Gasteiger partial charge in [0.1, 0.15) is 11.4 Å². The summed E-state index contributed by atoms with van der Waals surface area (Å²) in [6.45, 7) is 11.3. The Morgan fingerprint density at radius 2 is 1.89 bits per heavy atom. The van der Waals surface area contributed by atoms with Gasteiger partial charge in [-0.15, -0.1) is 6.42 Å². The second-order valence-corrected chi connectivity index (χ2v) is 12.9. The smallest absolute Gasteiger partial charge is 0.431 e. The largest absolute Gasteiger partial charge is 0.543 e. The van der Waals surface area contributed by atoms with Crippen LogP contribution < -0.4 is 9.74 Å². The molecule has 0 aliphatic heterocycles. The lowest BCUT2D eigenvalue weighted by Crippen LogP contribution is -2.43. The topological polar surface area (TPSA) is 37.0 Å². The molecule has 7 heteroatoms. The van der Waals surface area contributed by atoms with Crippen molar-refractivity contribution < 1.29 is 17.6 Å². The Morgan fingerprint density at radius 3 is 2.44 bits per heavy atom. The molecule has 0 fully saturated rings. The number of rotatable bonds is 6. The maximum absolute atomic E-state index is 13.5. The minimum Gasteiger partial charge on any atom is -0.543 e. The zero-order chi connectivity index (χ0) is 20.5. The number of hydrogen-bond donors (Lipinski definition) is 2. The summed E-state index contributed by atoms with van der Waals surface area (Å²) in [5.74, 6) is 3.03. The molecule has 2 N–H and O–H groups in total. The molecule has 0 saturated carbocycles. The summed E-state index contributed by atoms with van der Waals surface area (Å²) in [5, 5.41) is 3.49. The van der Waals surface area contributed by atoms with Gasteiger partial charge in [0.2, 0.25) is 8.32 Å². The molecule has 27 heavy (non-hydrogen) atoms. The molecule has 0 atom stereocenters. The lowest BCUT2D eigenvalue weighted by molar-refractivity contribution is -0.141. The average molecular weight is 397 g/mol. The fourth-order valence-electron chi connectivity index (χ4n) is 2.61. The number of halogens is 3. The standard InChI is InChI=1S/C20H27F3N2OSi/c1-7-11-24-12-10-15-16-13-14(26-27(5,6)19(2,3)4)8-9-17(16)25-18(15)20(21,22)23/h1,8-9,13,24-25H,10-12H2,2-6H3. The van der Waals surface area contributed by atoms with Crippen molar-refractivity contribution in [3.05, 3.63) is 29.5 Å². The number of alkyl halides is 3. The van der Waals surface area contributed by atoms with Crippen molar-refractivity contribution in [1.82, 2.24) is 10.3 Å². The van der Waals surface area contributed by atoms with Crippen LogP contribution in [0.4, 0.5) is 13.2 Å². The van der Waals surface area contributed by atoms with Crippen LogP contribution in [-0.4, -0.2) is 26.4 Å². The highest BCUT2D eigenvalue weighted by atomic mass is 28.4. The molecule has 2 rings (SSSR count). The van der Waals surface area contributed by atoms with E-state index in [-0.39, 0.29) is 17.0 Å². The Hall–Kier alpha value is -1.91. The number of fused-ring (bicyclic) bond motifs is 1. The quantitative estimate of drug-likeness (QED) is 0.393. The van der Waals surface area contributed by atoms with Crippen LogP contribution in [-0.2, 0) is 12.6 Å². The first-order valence-corrected chi connectivity index (χ1v) is 11.8. The molecule has 0 unspecified atom stereocenters. The van der Waals surface area contributed by atoms with E-state index in [4.69, 9.17) is 10.8 Å². The van der Waals surface area contributed by atoms with E-state index in [0.29, 0.717) is 29.7 Å². The predicted octanol–water partition coefficient (Wildman–Crippen LogP) is 5.34. The van der Waals surface area contributed by atoms with Crippen molar-refractivity contribution in [3.8, 4) is 18.1 Å². The molecule has 148 valence electrons. The normalized spacial score (nSPS) is 13.0. The zero-order valence-corrected chi connectivity index (χ0v) is 17.5. The van der Waals surface area contributed by atoms with Gasteiger partial charge in [0.15, 0.2) is 0 Å². The number of terminal acetylenes is 1. The van der Waals surface area contributed by atoms with Gasteiger partial charge in [0.05, 0.1) is 6.54 Å². The first kappa shape index (κ1) is 21.4. The average Bonchev–Trinajstić information content (AvgIpc) is 2.88. The van der Waals surface area contributed by atoms with E-state index >= 15 is 0 Å². The number of aromatic amines is 1. The summed E-state index contributed by atoms with van der Waals surface area (Å²) in [6, 6.07) is 5.11. The minimum atomic E-state index is -4.44. The van der Waals surface area contributed by atoms with E-state index in [1.807, 2.05) is 0 Å². The van der Waals surface area contributed by atoms with Gasteiger partial charge in [-0.05, 0) is 48.3 Å². The van der Waals surface area contributed by atoms with Crippen molar-refractivity contribution >= 4 is 19.2 Å². The van der Waals surface area contributed by atoms with Crippen molar-refractivity contribution in [3.63, 3.8) is 0 Å². The van der Waals surface area contributed by atoms with E-state index in [1.54, 1.807) is 18.2 Å². The third-order valence-corrected chi connectivity index (χ3v) is 9.48. The molecule has 3 nitrogen and oxygen atoms in total. The maximum atomic E-state index is 13.5. The highest BCUT2D eigenvalue weighted by Crippen LogP contribution is 2.40. The van der Waals surface area contributed by atoms with E-state index in [0.717, 1.165) is 0 Å². The Labute approximate surface area is 159 Å². The summed E-state index contributed by atoms with van der Waals surface area (Å²) in [7, 11) is -2.08. The molecule has 1 aromatic heterocycles. The molecule has 2 aromatic rings. The summed E-state index contributed by atoms with van der Waals surface area (Å²) in [6.07, 6.45) is 0.959. The monoisotopic (exact) mass is 396 g/mol. The highest BCUT2D eigenvalue weighted by molar-refractivity contribution is 6.74. The molecule has 0 radical (unpaired) electrons. The Bertz CT molecular complexity index is 842. The van der Waals surface area contributed by atoms with Crippen LogP contribution in [0.15, 0.2) is 18.2 Å². The molecular weight excluding hydrogens is 369 g/mol. The Balaban J connectivity index is 2.44. The molecular formula is C20H27F3N2OSi. The maximum Gasteiger partial charge on any atom is 0.431 e. The van der Waals surface area contributed by atoms with E-state index in [1.165, 1.54) is 0 Å². The van der Waals surface area contributed by atoms with Gasteiger partial charge in [-0.3, -0.25) is 0 Å². The molecule has 0 bridgehead atoms. The fraction of sp³-hybridized carbons (Fsp3) is 0.500. The Morgan fingerprint density at radius 1 is 1.22 bits per heavy atom. The fourth-order valence-corrected chi connectivity index (χ4v) is 3.64. The summed E-state index contributed by atoms with van der Waals surface area (Å²) in [4.78, 5) is 2.53. The molecule has 1 heterocycles. The molecule has 0 amide bonds. The second kappa shape index (κ2) is 7.61. The summed E-state index contributed by atoms with van der Waals surface area (Å²) < 4.78 is 46.7. The van der Waals surface area contributed by atoms with Crippen LogP contribution >= 0.6 is 0 Å². The summed E-state index contributed by atoms with van der Waals surface area (Å²) >= 11 is 0. The van der Waals surface area contributed by atoms with E-state index < -0.39 is 20.2 Å². The number of aromatic nitrogens is 1. The van der Waals surface area contributed by atoms with Crippen LogP contribution in [0.3, 0.4) is 0 Å². The van der Waals surface area contributed by atoms with Crippen LogP contribution in [0, 0.1) is 12.3 Å². The van der Waals surface area contributed by atoms with Crippen molar-refractivity contribution in [2.45, 2.75) is 51.5 Å². The second-order valence-electron chi connectivity index (χ2n) is 8.18. The lowest BCUT2D eigenvalue weighted by atomic mass is 10.1. The Kier molecular flexibility index (Phi) is 6.02. The number of hydrogen-bond acceptors (Lipinski definition) is 2. The van der Waals surface area contributed by atoms with Gasteiger partial charge in [0.25, 0.3) is 0 Å². The summed E-state index contributed by atoms with van der Waals surface area (Å²) in [5.41, 5.74) is -0.0101. The number of H-pyrrole nitrogens is 1. The first-order valence-electron chi connectivity index (χ1n) is 8.92. The van der Waals surface area contributed by atoms with Gasteiger partial charge in [-0.2, -0.15) is 13.2 Å². The van der Waals surface area contributed by atoms with E-state index in [2.05, 4.69) is 50.1 Å². The molecule has 0 saturated heterocycles. The SMILES string of the molecule is C#CCNCCc1c(C(F)(F)F)[nH]c2ccc(O[Si](C)(C)C(C)(C)C)cc12. The van der Waals surface area contributed by atoms with E-state index in [9.17, 15) is 13.2 Å². The van der Waals surface area contributed by atoms with Crippen LogP contribution in [0.25, 0.3) is 10.9 Å². The third kappa shape index (κ3) is 4.88. The van der Waals surface area contributed by atoms with Gasteiger partial charge < -0.3 is 14.7 Å². The number of nitrogens with one attached hydrogen (secondary N) is 2. The van der Waals surface area contributed by atoms with Crippen molar-refractivity contribution in [2.75, 3.05) is 13.1 Å². The van der Waals surface area contributed by atoms with Crippen molar-refractivity contribution in [1.29, 1.82) is 0 Å².